The maximum Gasteiger partial charge on any atom is 0.0881 e. The molecule has 3 N–H and O–H groups in total. The quantitative estimate of drug-likeness (QED) is 0.855. The average Bonchev–Trinajstić information content (AvgIpc) is 3.16. The van der Waals surface area contributed by atoms with Crippen molar-refractivity contribution in [1.82, 2.24) is 0 Å². The van der Waals surface area contributed by atoms with Crippen molar-refractivity contribution in [3.05, 3.63) is 35.4 Å². The molecule has 1 saturated heterocycles. The zero-order chi connectivity index (χ0) is 12.6. The third kappa shape index (κ3) is 2.07. The fraction of sp³-hybridized carbons (Fsp3) is 0.600. The third-order valence-electron chi connectivity index (χ3n) is 4.40. The monoisotopic (exact) mass is 247 g/mol. The van der Waals surface area contributed by atoms with Crippen LogP contribution in [0, 0.1) is 5.41 Å². The smallest absolute Gasteiger partial charge is 0.0881 e. The second-order valence-corrected chi connectivity index (χ2v) is 5.72. The van der Waals surface area contributed by atoms with Gasteiger partial charge in [-0.05, 0) is 36.3 Å². The van der Waals surface area contributed by atoms with Crippen molar-refractivity contribution in [2.45, 2.75) is 31.3 Å². The van der Waals surface area contributed by atoms with Gasteiger partial charge in [-0.1, -0.05) is 24.3 Å². The van der Waals surface area contributed by atoms with Crippen LogP contribution in [0.1, 0.15) is 42.4 Å². The summed E-state index contributed by atoms with van der Waals surface area (Å²) in [6.45, 7) is 1.75. The Hall–Kier alpha value is -0.900. The number of hydrogen-bond acceptors (Lipinski definition) is 3. The predicted octanol–water partition coefficient (Wildman–Crippen LogP) is 1.96. The number of rotatable bonds is 4. The highest BCUT2D eigenvalue weighted by Crippen LogP contribution is 2.43. The molecule has 0 radical (unpaired) electrons. The van der Waals surface area contributed by atoms with Gasteiger partial charge in [-0.2, -0.15) is 0 Å². The minimum atomic E-state index is -0.510. The fourth-order valence-corrected chi connectivity index (χ4v) is 2.86. The van der Waals surface area contributed by atoms with Gasteiger partial charge in [0, 0.05) is 18.6 Å². The van der Waals surface area contributed by atoms with Gasteiger partial charge in [0.15, 0.2) is 0 Å². The van der Waals surface area contributed by atoms with E-state index < -0.39 is 6.10 Å². The topological polar surface area (TPSA) is 55.5 Å². The van der Waals surface area contributed by atoms with E-state index in [1.54, 1.807) is 0 Å². The van der Waals surface area contributed by atoms with Crippen molar-refractivity contribution in [2.24, 2.45) is 11.1 Å². The Morgan fingerprint density at radius 1 is 1.44 bits per heavy atom. The number of aliphatic hydroxyl groups is 1. The molecule has 0 spiro atoms. The Morgan fingerprint density at radius 2 is 2.28 bits per heavy atom. The van der Waals surface area contributed by atoms with Crippen LogP contribution in [0.25, 0.3) is 0 Å². The van der Waals surface area contributed by atoms with Crippen molar-refractivity contribution in [3.63, 3.8) is 0 Å². The maximum absolute atomic E-state index is 10.6. The summed E-state index contributed by atoms with van der Waals surface area (Å²) >= 11 is 0. The highest BCUT2D eigenvalue weighted by atomic mass is 16.5. The molecule has 2 unspecified atom stereocenters. The van der Waals surface area contributed by atoms with Gasteiger partial charge in [-0.25, -0.2) is 0 Å². The Kier molecular flexibility index (Phi) is 3.14. The molecule has 2 fully saturated rings. The van der Waals surface area contributed by atoms with E-state index >= 15 is 0 Å². The summed E-state index contributed by atoms with van der Waals surface area (Å²) < 4.78 is 5.44. The predicted molar refractivity (Wildman–Crippen MR) is 70.3 cm³/mol. The third-order valence-corrected chi connectivity index (χ3v) is 4.40. The van der Waals surface area contributed by atoms with Crippen LogP contribution in [0.2, 0.25) is 0 Å². The van der Waals surface area contributed by atoms with Crippen LogP contribution < -0.4 is 5.73 Å². The summed E-state index contributed by atoms with van der Waals surface area (Å²) in [5, 5.41) is 10.6. The van der Waals surface area contributed by atoms with Crippen molar-refractivity contribution < 1.29 is 9.84 Å². The molecule has 1 aliphatic carbocycles. The van der Waals surface area contributed by atoms with Gasteiger partial charge in [0.05, 0.1) is 12.7 Å². The van der Waals surface area contributed by atoms with Crippen LogP contribution in [0.4, 0.5) is 0 Å². The first kappa shape index (κ1) is 12.2. The van der Waals surface area contributed by atoms with Crippen molar-refractivity contribution in [1.29, 1.82) is 0 Å². The van der Waals surface area contributed by atoms with Gasteiger partial charge < -0.3 is 15.6 Å². The van der Waals surface area contributed by atoms with Gasteiger partial charge in [0.1, 0.15) is 0 Å². The lowest BCUT2D eigenvalue weighted by atomic mass is 9.78. The van der Waals surface area contributed by atoms with Gasteiger partial charge in [0.25, 0.3) is 0 Å². The summed E-state index contributed by atoms with van der Waals surface area (Å²) in [7, 11) is 0. The summed E-state index contributed by atoms with van der Waals surface area (Å²) in [6.07, 6.45) is 2.90. The summed E-state index contributed by atoms with van der Waals surface area (Å²) in [6, 6.07) is 8.37. The molecule has 1 aromatic rings. The SMILES string of the molecule is NCC1(C(O)c2cccc(C3CC3)c2)CCOC1. The second kappa shape index (κ2) is 4.65. The van der Waals surface area contributed by atoms with Gasteiger partial charge >= 0.3 is 0 Å². The fourth-order valence-electron chi connectivity index (χ4n) is 2.86. The van der Waals surface area contributed by atoms with E-state index in [1.165, 1.54) is 18.4 Å². The minimum absolute atomic E-state index is 0.290. The molecule has 0 aromatic heterocycles. The molecular formula is C15H21NO2. The number of nitrogens with two attached hydrogens (primary N) is 1. The van der Waals surface area contributed by atoms with E-state index in [2.05, 4.69) is 12.1 Å². The molecule has 98 valence electrons. The summed E-state index contributed by atoms with van der Waals surface area (Å²) in [5.41, 5.74) is 7.94. The Bertz CT molecular complexity index is 422. The normalized spacial score (nSPS) is 29.4. The number of benzene rings is 1. The summed E-state index contributed by atoms with van der Waals surface area (Å²) in [4.78, 5) is 0. The number of ether oxygens (including phenoxy) is 1. The van der Waals surface area contributed by atoms with Crippen LogP contribution in [-0.2, 0) is 4.74 Å². The van der Waals surface area contributed by atoms with E-state index in [0.717, 1.165) is 12.0 Å². The van der Waals surface area contributed by atoms with Crippen LogP contribution in [0.15, 0.2) is 24.3 Å². The van der Waals surface area contributed by atoms with Crippen LogP contribution in [0.3, 0.4) is 0 Å². The largest absolute Gasteiger partial charge is 0.388 e. The van der Waals surface area contributed by atoms with Crippen molar-refractivity contribution in [3.8, 4) is 0 Å². The molecule has 18 heavy (non-hydrogen) atoms. The molecule has 2 atom stereocenters. The van der Waals surface area contributed by atoms with Gasteiger partial charge in [-0.3, -0.25) is 0 Å². The molecule has 3 nitrogen and oxygen atoms in total. The Morgan fingerprint density at radius 3 is 2.89 bits per heavy atom. The van der Waals surface area contributed by atoms with Crippen molar-refractivity contribution in [2.75, 3.05) is 19.8 Å². The standard InChI is InChI=1S/C15H21NO2/c16-9-15(6-7-18-10-15)14(17)13-3-1-2-12(8-13)11-4-5-11/h1-3,8,11,14,17H,4-7,9-10,16H2. The Balaban J connectivity index is 1.86. The van der Waals surface area contributed by atoms with E-state index in [9.17, 15) is 5.11 Å². The van der Waals surface area contributed by atoms with Crippen LogP contribution >= 0.6 is 0 Å². The molecule has 1 aliphatic heterocycles. The highest BCUT2D eigenvalue weighted by molar-refractivity contribution is 5.31. The molecule has 3 rings (SSSR count). The van der Waals surface area contributed by atoms with E-state index in [1.807, 2.05) is 12.1 Å². The van der Waals surface area contributed by atoms with Gasteiger partial charge in [-0.15, -0.1) is 0 Å². The Labute approximate surface area is 108 Å². The highest BCUT2D eigenvalue weighted by Gasteiger charge is 2.41. The van der Waals surface area contributed by atoms with Crippen LogP contribution in [-0.4, -0.2) is 24.9 Å². The molecule has 1 aromatic carbocycles. The second-order valence-electron chi connectivity index (χ2n) is 5.72. The van der Waals surface area contributed by atoms with E-state index in [0.29, 0.717) is 25.7 Å². The lowest BCUT2D eigenvalue weighted by Crippen LogP contribution is -2.37. The molecule has 3 heteroatoms. The summed E-state index contributed by atoms with van der Waals surface area (Å²) in [5.74, 6) is 0.714. The maximum atomic E-state index is 10.6. The average molecular weight is 247 g/mol. The first-order chi connectivity index (χ1) is 8.75. The molecule has 0 amide bonds. The lowest BCUT2D eigenvalue weighted by Gasteiger charge is -2.31. The van der Waals surface area contributed by atoms with E-state index in [4.69, 9.17) is 10.5 Å². The van der Waals surface area contributed by atoms with Gasteiger partial charge in [0.2, 0.25) is 0 Å². The first-order valence-corrected chi connectivity index (χ1v) is 6.81. The lowest BCUT2D eigenvalue weighted by molar-refractivity contribution is 0.0190. The molecule has 2 aliphatic rings. The molecule has 1 saturated carbocycles. The molecule has 0 bridgehead atoms. The first-order valence-electron chi connectivity index (χ1n) is 6.81. The number of hydrogen-bond donors (Lipinski definition) is 2. The van der Waals surface area contributed by atoms with E-state index in [-0.39, 0.29) is 5.41 Å². The minimum Gasteiger partial charge on any atom is -0.388 e. The zero-order valence-corrected chi connectivity index (χ0v) is 10.6. The molecular weight excluding hydrogens is 226 g/mol. The van der Waals surface area contributed by atoms with Crippen LogP contribution in [0.5, 0.6) is 0 Å². The zero-order valence-electron chi connectivity index (χ0n) is 10.6. The number of aliphatic hydroxyl groups excluding tert-OH is 1. The van der Waals surface area contributed by atoms with Crippen molar-refractivity contribution >= 4 is 0 Å². The molecule has 1 heterocycles.